The van der Waals surface area contributed by atoms with Gasteiger partial charge in [-0.2, -0.15) is 0 Å². The van der Waals surface area contributed by atoms with Gasteiger partial charge >= 0.3 is 0 Å². The second-order valence-electron chi connectivity index (χ2n) is 5.12. The first-order valence-electron chi connectivity index (χ1n) is 7.49. The molecule has 7 nitrogen and oxygen atoms in total. The maximum atomic E-state index is 12.4. The monoisotopic (exact) mass is 346 g/mol. The van der Waals surface area contributed by atoms with E-state index in [2.05, 4.69) is 14.7 Å². The van der Waals surface area contributed by atoms with Crippen LogP contribution in [0.15, 0.2) is 47.5 Å². The van der Waals surface area contributed by atoms with Crippen LogP contribution in [-0.4, -0.2) is 30.1 Å². The zero-order valence-electron chi connectivity index (χ0n) is 13.4. The number of rotatable bonds is 6. The minimum absolute atomic E-state index is 0.0958. The predicted molar refractivity (Wildman–Crippen MR) is 90.2 cm³/mol. The lowest BCUT2D eigenvalue weighted by Gasteiger charge is -2.09. The molecule has 8 heteroatoms. The molecule has 3 aromatic rings. The smallest absolute Gasteiger partial charge is 0.240 e. The number of methoxy groups -OCH3 is 1. The number of ether oxygens (including phenoxy) is 1. The van der Waals surface area contributed by atoms with E-state index in [0.29, 0.717) is 18.1 Å². The number of fused-ring (bicyclic) bond motifs is 1. The molecule has 0 unspecified atom stereocenters. The summed E-state index contributed by atoms with van der Waals surface area (Å²) in [5.41, 5.74) is 1.50. The molecule has 0 radical (unpaired) electrons. The third kappa shape index (κ3) is 3.10. The number of imidazole rings is 1. The fourth-order valence-corrected chi connectivity index (χ4v) is 3.45. The number of sulfonamides is 1. The van der Waals surface area contributed by atoms with Crippen molar-refractivity contribution in [2.24, 2.45) is 0 Å². The van der Waals surface area contributed by atoms with Crippen molar-refractivity contribution in [1.29, 1.82) is 0 Å². The van der Waals surface area contributed by atoms with Gasteiger partial charge in [-0.25, -0.2) is 23.1 Å². The van der Waals surface area contributed by atoms with Crippen molar-refractivity contribution in [1.82, 2.24) is 19.3 Å². The zero-order valence-corrected chi connectivity index (χ0v) is 14.2. The van der Waals surface area contributed by atoms with E-state index >= 15 is 0 Å². The Morgan fingerprint density at radius 1 is 1.21 bits per heavy atom. The van der Waals surface area contributed by atoms with Gasteiger partial charge in [-0.3, -0.25) is 0 Å². The molecule has 1 N–H and O–H groups in total. The average molecular weight is 346 g/mol. The third-order valence-electron chi connectivity index (χ3n) is 3.69. The van der Waals surface area contributed by atoms with Gasteiger partial charge in [0.05, 0.1) is 18.6 Å². The van der Waals surface area contributed by atoms with Crippen LogP contribution in [0.2, 0.25) is 0 Å². The van der Waals surface area contributed by atoms with E-state index in [1.807, 2.05) is 17.6 Å². The first-order chi connectivity index (χ1) is 11.5. The zero-order chi connectivity index (χ0) is 17.2. The fourth-order valence-electron chi connectivity index (χ4n) is 2.47. The molecule has 0 bridgehead atoms. The van der Waals surface area contributed by atoms with Crippen LogP contribution >= 0.6 is 0 Å². The molecule has 0 aliphatic carbocycles. The van der Waals surface area contributed by atoms with Gasteiger partial charge in [-0.1, -0.05) is 0 Å². The Bertz CT molecular complexity index is 949. The van der Waals surface area contributed by atoms with Gasteiger partial charge in [-0.15, -0.1) is 0 Å². The van der Waals surface area contributed by atoms with Crippen LogP contribution in [0.25, 0.3) is 11.2 Å². The highest BCUT2D eigenvalue weighted by Crippen LogP contribution is 2.17. The van der Waals surface area contributed by atoms with Crippen molar-refractivity contribution < 1.29 is 13.2 Å². The Kier molecular flexibility index (Phi) is 4.50. The van der Waals surface area contributed by atoms with Crippen molar-refractivity contribution >= 4 is 21.2 Å². The molecule has 0 aliphatic heterocycles. The normalized spacial score (nSPS) is 11.8. The fraction of sp³-hybridized carbons (Fsp3) is 0.250. The molecular weight excluding hydrogens is 328 g/mol. The van der Waals surface area contributed by atoms with Crippen molar-refractivity contribution in [3.05, 3.63) is 48.4 Å². The highest BCUT2D eigenvalue weighted by Gasteiger charge is 2.17. The Morgan fingerprint density at radius 2 is 1.96 bits per heavy atom. The third-order valence-corrected chi connectivity index (χ3v) is 5.11. The predicted octanol–water partition coefficient (Wildman–Crippen LogP) is 1.94. The average Bonchev–Trinajstić information content (AvgIpc) is 2.97. The van der Waals surface area contributed by atoms with E-state index < -0.39 is 10.0 Å². The lowest BCUT2D eigenvalue weighted by molar-refractivity contribution is 0.414. The highest BCUT2D eigenvalue weighted by atomic mass is 32.2. The van der Waals surface area contributed by atoms with Crippen LogP contribution < -0.4 is 9.46 Å². The van der Waals surface area contributed by atoms with Crippen LogP contribution in [0.5, 0.6) is 5.75 Å². The lowest BCUT2D eigenvalue weighted by atomic mass is 10.3. The number of nitrogens with one attached hydrogen (secondary N) is 1. The van der Waals surface area contributed by atoms with Gasteiger partial charge in [0.1, 0.15) is 17.1 Å². The van der Waals surface area contributed by atoms with Gasteiger partial charge < -0.3 is 9.30 Å². The molecule has 0 atom stereocenters. The number of nitrogens with zero attached hydrogens (tertiary/aromatic N) is 3. The second kappa shape index (κ2) is 6.58. The van der Waals surface area contributed by atoms with Crippen LogP contribution in [0.1, 0.15) is 12.7 Å². The van der Waals surface area contributed by atoms with E-state index in [0.717, 1.165) is 11.2 Å². The van der Waals surface area contributed by atoms with Crippen LogP contribution in [0.3, 0.4) is 0 Å². The highest BCUT2D eigenvalue weighted by molar-refractivity contribution is 7.89. The SMILES string of the molecule is CCn1c(CNS(=O)(=O)c2ccc(OC)cc2)nc2cccnc21. The summed E-state index contributed by atoms with van der Waals surface area (Å²) < 4.78 is 34.4. The number of aromatic nitrogens is 3. The van der Waals surface area contributed by atoms with Gasteiger partial charge in [0.2, 0.25) is 10.0 Å². The number of benzene rings is 1. The van der Waals surface area contributed by atoms with Crippen LogP contribution in [0.4, 0.5) is 0 Å². The molecule has 2 aromatic heterocycles. The summed E-state index contributed by atoms with van der Waals surface area (Å²) in [5, 5.41) is 0. The lowest BCUT2D eigenvalue weighted by Crippen LogP contribution is -2.25. The minimum atomic E-state index is -3.63. The summed E-state index contributed by atoms with van der Waals surface area (Å²) in [6.45, 7) is 2.73. The van der Waals surface area contributed by atoms with Crippen molar-refractivity contribution in [2.45, 2.75) is 24.9 Å². The molecule has 2 heterocycles. The topological polar surface area (TPSA) is 86.1 Å². The van der Waals surface area contributed by atoms with Gasteiger partial charge in [-0.05, 0) is 43.3 Å². The molecule has 3 rings (SSSR count). The summed E-state index contributed by atoms with van der Waals surface area (Å²) >= 11 is 0. The second-order valence-corrected chi connectivity index (χ2v) is 6.89. The minimum Gasteiger partial charge on any atom is -0.497 e. The first kappa shape index (κ1) is 16.4. The van der Waals surface area contributed by atoms with E-state index in [1.54, 1.807) is 24.4 Å². The largest absolute Gasteiger partial charge is 0.497 e. The Hall–Kier alpha value is -2.45. The summed E-state index contributed by atoms with van der Waals surface area (Å²) in [5.74, 6) is 1.23. The van der Waals surface area contributed by atoms with Gasteiger partial charge in [0, 0.05) is 12.7 Å². The number of hydrogen-bond acceptors (Lipinski definition) is 5. The summed E-state index contributed by atoms with van der Waals surface area (Å²) in [6, 6.07) is 9.90. The van der Waals surface area contributed by atoms with Crippen LogP contribution in [0, 0.1) is 0 Å². The Balaban J connectivity index is 1.84. The van der Waals surface area contributed by atoms with Crippen molar-refractivity contribution in [2.75, 3.05) is 7.11 Å². The molecular formula is C16H18N4O3S. The standard InChI is InChI=1S/C16H18N4O3S/c1-3-20-15(19-14-5-4-10-17-16(14)20)11-18-24(21,22)13-8-6-12(23-2)7-9-13/h4-10,18H,3,11H2,1-2H3. The molecule has 0 spiro atoms. The maximum Gasteiger partial charge on any atom is 0.240 e. The summed E-state index contributed by atoms with van der Waals surface area (Å²) in [6.07, 6.45) is 1.70. The maximum absolute atomic E-state index is 12.4. The van der Waals surface area contributed by atoms with Gasteiger partial charge in [0.15, 0.2) is 5.65 Å². The summed E-state index contributed by atoms with van der Waals surface area (Å²) in [7, 11) is -2.09. The quantitative estimate of drug-likeness (QED) is 0.737. The van der Waals surface area contributed by atoms with Crippen molar-refractivity contribution in [3.8, 4) is 5.75 Å². The Labute approximate surface area is 140 Å². The molecule has 0 fully saturated rings. The summed E-state index contributed by atoms with van der Waals surface area (Å²) in [4.78, 5) is 8.95. The Morgan fingerprint density at radius 3 is 2.62 bits per heavy atom. The molecule has 126 valence electrons. The first-order valence-corrected chi connectivity index (χ1v) is 8.97. The van der Waals surface area contributed by atoms with E-state index in [9.17, 15) is 8.42 Å². The molecule has 0 aliphatic rings. The van der Waals surface area contributed by atoms with E-state index in [-0.39, 0.29) is 11.4 Å². The molecule has 0 saturated carbocycles. The molecule has 1 aromatic carbocycles. The van der Waals surface area contributed by atoms with Gasteiger partial charge in [0.25, 0.3) is 0 Å². The van der Waals surface area contributed by atoms with E-state index in [1.165, 1.54) is 19.2 Å². The number of pyridine rings is 1. The number of hydrogen-bond donors (Lipinski definition) is 1. The molecule has 0 saturated heterocycles. The van der Waals surface area contributed by atoms with Crippen molar-refractivity contribution in [3.63, 3.8) is 0 Å². The van der Waals surface area contributed by atoms with E-state index in [4.69, 9.17) is 4.74 Å². The van der Waals surface area contributed by atoms with Crippen LogP contribution in [-0.2, 0) is 23.1 Å². The number of aryl methyl sites for hydroxylation is 1. The molecule has 0 amide bonds. The molecule has 24 heavy (non-hydrogen) atoms.